The van der Waals surface area contributed by atoms with Crippen LogP contribution in [0.15, 0.2) is 40.4 Å². The van der Waals surface area contributed by atoms with Crippen molar-refractivity contribution in [2.75, 3.05) is 19.5 Å². The van der Waals surface area contributed by atoms with Crippen LogP contribution < -0.4 is 14.8 Å². The number of ether oxygens (including phenoxy) is 2. The SMILES string of the molecule is COc1ccc(-c2cc(C3(C(=O)Nc4nccs4)CC3)no2)cc1OC. The molecule has 1 aliphatic carbocycles. The van der Waals surface area contributed by atoms with E-state index in [9.17, 15) is 4.79 Å². The normalized spacial score (nSPS) is 14.7. The predicted octanol–water partition coefficient (Wildman–Crippen LogP) is 3.49. The van der Waals surface area contributed by atoms with E-state index in [2.05, 4.69) is 15.5 Å². The van der Waals surface area contributed by atoms with Crippen LogP contribution in [0.25, 0.3) is 11.3 Å². The van der Waals surface area contributed by atoms with E-state index in [1.54, 1.807) is 26.5 Å². The highest BCUT2D eigenvalue weighted by Crippen LogP contribution is 2.49. The summed E-state index contributed by atoms with van der Waals surface area (Å²) < 4.78 is 16.1. The summed E-state index contributed by atoms with van der Waals surface area (Å²) in [7, 11) is 3.16. The van der Waals surface area contributed by atoms with Crippen LogP contribution in [0, 0.1) is 0 Å². The van der Waals surface area contributed by atoms with Crippen molar-refractivity contribution in [1.82, 2.24) is 10.1 Å². The first-order valence-electron chi connectivity index (χ1n) is 8.07. The summed E-state index contributed by atoms with van der Waals surface area (Å²) in [4.78, 5) is 16.8. The minimum atomic E-state index is -0.635. The Morgan fingerprint density at radius 2 is 2.04 bits per heavy atom. The van der Waals surface area contributed by atoms with Gasteiger partial charge in [-0.3, -0.25) is 4.79 Å². The highest BCUT2D eigenvalue weighted by atomic mass is 32.1. The fraction of sp³-hybridized carbons (Fsp3) is 0.278. The van der Waals surface area contributed by atoms with Crippen molar-refractivity contribution >= 4 is 22.4 Å². The number of thiazole rings is 1. The number of nitrogens with one attached hydrogen (secondary N) is 1. The van der Waals surface area contributed by atoms with E-state index >= 15 is 0 Å². The Balaban J connectivity index is 1.59. The number of benzene rings is 1. The number of hydrogen-bond acceptors (Lipinski definition) is 7. The number of nitrogens with zero attached hydrogens (tertiary/aromatic N) is 2. The van der Waals surface area contributed by atoms with E-state index in [-0.39, 0.29) is 5.91 Å². The molecule has 1 fully saturated rings. The molecule has 1 aliphatic rings. The fourth-order valence-electron chi connectivity index (χ4n) is 2.85. The summed E-state index contributed by atoms with van der Waals surface area (Å²) >= 11 is 1.39. The molecule has 2 heterocycles. The molecular weight excluding hydrogens is 354 g/mol. The summed E-state index contributed by atoms with van der Waals surface area (Å²) in [6.45, 7) is 0. The monoisotopic (exact) mass is 371 g/mol. The van der Waals surface area contributed by atoms with Crippen molar-refractivity contribution in [2.24, 2.45) is 0 Å². The van der Waals surface area contributed by atoms with Crippen LogP contribution in [0.4, 0.5) is 5.13 Å². The summed E-state index contributed by atoms with van der Waals surface area (Å²) in [5.41, 5.74) is 0.804. The second-order valence-electron chi connectivity index (χ2n) is 6.02. The zero-order valence-electron chi connectivity index (χ0n) is 14.3. The minimum absolute atomic E-state index is 0.0976. The Morgan fingerprint density at radius 3 is 2.69 bits per heavy atom. The molecule has 0 atom stereocenters. The summed E-state index contributed by atoms with van der Waals surface area (Å²) in [6.07, 6.45) is 3.13. The number of rotatable bonds is 6. The standard InChI is InChI=1S/C18H17N3O4S/c1-23-12-4-3-11(9-14(12)24-2)13-10-15(21-25-13)18(5-6-18)16(22)20-17-19-7-8-26-17/h3-4,7-10H,5-6H2,1-2H3,(H,19,20,22). The van der Waals surface area contributed by atoms with Crippen LogP contribution in [0.5, 0.6) is 11.5 Å². The zero-order valence-corrected chi connectivity index (χ0v) is 15.1. The molecular formula is C18H17N3O4S. The Labute approximate surface area is 153 Å². The maximum atomic E-state index is 12.7. The van der Waals surface area contributed by atoms with Crippen molar-refractivity contribution < 1.29 is 18.8 Å². The van der Waals surface area contributed by atoms with E-state index in [1.165, 1.54) is 11.3 Å². The van der Waals surface area contributed by atoms with Gasteiger partial charge < -0.3 is 19.3 Å². The molecule has 1 saturated carbocycles. The smallest absolute Gasteiger partial charge is 0.238 e. The number of amides is 1. The van der Waals surface area contributed by atoms with Gasteiger partial charge in [-0.25, -0.2) is 4.98 Å². The number of carbonyl (C=O) groups is 1. The van der Waals surface area contributed by atoms with Gasteiger partial charge in [0.25, 0.3) is 0 Å². The molecule has 1 amide bonds. The van der Waals surface area contributed by atoms with Crippen molar-refractivity contribution in [3.05, 3.63) is 41.5 Å². The topological polar surface area (TPSA) is 86.5 Å². The largest absolute Gasteiger partial charge is 0.493 e. The van der Waals surface area contributed by atoms with Gasteiger partial charge in [0.05, 0.1) is 25.3 Å². The molecule has 0 spiro atoms. The molecule has 7 nitrogen and oxygen atoms in total. The maximum absolute atomic E-state index is 12.7. The molecule has 1 aromatic carbocycles. The average molecular weight is 371 g/mol. The van der Waals surface area contributed by atoms with Gasteiger partial charge in [0.1, 0.15) is 0 Å². The van der Waals surface area contributed by atoms with Crippen molar-refractivity contribution in [3.63, 3.8) is 0 Å². The second-order valence-corrected chi connectivity index (χ2v) is 6.91. The van der Waals surface area contributed by atoms with Gasteiger partial charge >= 0.3 is 0 Å². The highest BCUT2D eigenvalue weighted by molar-refractivity contribution is 7.13. The number of methoxy groups -OCH3 is 2. The number of carbonyl (C=O) groups excluding carboxylic acids is 1. The van der Waals surface area contributed by atoms with E-state index in [0.717, 1.165) is 18.4 Å². The molecule has 0 saturated heterocycles. The maximum Gasteiger partial charge on any atom is 0.238 e. The summed E-state index contributed by atoms with van der Waals surface area (Å²) in [5, 5.41) is 9.41. The number of aromatic nitrogens is 2. The number of hydrogen-bond donors (Lipinski definition) is 1. The molecule has 0 unspecified atom stereocenters. The molecule has 1 N–H and O–H groups in total. The van der Waals surface area contributed by atoms with Gasteiger partial charge in [0.15, 0.2) is 22.4 Å². The van der Waals surface area contributed by atoms with Crippen LogP contribution in [0.1, 0.15) is 18.5 Å². The van der Waals surface area contributed by atoms with Crippen LogP contribution in [0.3, 0.4) is 0 Å². The van der Waals surface area contributed by atoms with Crippen LogP contribution >= 0.6 is 11.3 Å². The Hall–Kier alpha value is -2.87. The fourth-order valence-corrected chi connectivity index (χ4v) is 3.38. The Bertz CT molecular complexity index is 932. The lowest BCUT2D eigenvalue weighted by Crippen LogP contribution is -2.28. The molecule has 2 aromatic heterocycles. The van der Waals surface area contributed by atoms with Crippen LogP contribution in [-0.2, 0) is 10.2 Å². The molecule has 0 aliphatic heterocycles. The van der Waals surface area contributed by atoms with Crippen molar-refractivity contribution in [2.45, 2.75) is 18.3 Å². The van der Waals surface area contributed by atoms with E-state index < -0.39 is 5.41 Å². The van der Waals surface area contributed by atoms with Crippen molar-refractivity contribution in [3.8, 4) is 22.8 Å². The lowest BCUT2D eigenvalue weighted by molar-refractivity contribution is -0.118. The van der Waals surface area contributed by atoms with Gasteiger partial charge in [-0.15, -0.1) is 11.3 Å². The lowest BCUT2D eigenvalue weighted by Gasteiger charge is -2.10. The minimum Gasteiger partial charge on any atom is -0.493 e. The molecule has 134 valence electrons. The average Bonchev–Trinajstić information content (AvgIpc) is 3.08. The first-order chi connectivity index (χ1) is 12.7. The van der Waals surface area contributed by atoms with Gasteiger partial charge in [0, 0.05) is 23.2 Å². The predicted molar refractivity (Wildman–Crippen MR) is 96.7 cm³/mol. The second kappa shape index (κ2) is 6.45. The van der Waals surface area contributed by atoms with E-state index in [4.69, 9.17) is 14.0 Å². The first-order valence-corrected chi connectivity index (χ1v) is 8.95. The third kappa shape index (κ3) is 2.82. The third-order valence-corrected chi connectivity index (χ3v) is 5.19. The van der Waals surface area contributed by atoms with E-state index in [1.807, 2.05) is 23.6 Å². The van der Waals surface area contributed by atoms with Gasteiger partial charge in [-0.2, -0.15) is 0 Å². The van der Waals surface area contributed by atoms with Crippen LogP contribution in [-0.4, -0.2) is 30.3 Å². The third-order valence-electron chi connectivity index (χ3n) is 4.51. The molecule has 0 radical (unpaired) electrons. The quantitative estimate of drug-likeness (QED) is 0.714. The Kier molecular flexibility index (Phi) is 4.12. The van der Waals surface area contributed by atoms with Gasteiger partial charge in [-0.1, -0.05) is 5.16 Å². The summed E-state index contributed by atoms with van der Waals surface area (Å²) in [6, 6.07) is 7.30. The van der Waals surface area contributed by atoms with Crippen LogP contribution in [0.2, 0.25) is 0 Å². The van der Waals surface area contributed by atoms with Gasteiger partial charge in [0.2, 0.25) is 5.91 Å². The molecule has 4 rings (SSSR count). The zero-order chi connectivity index (χ0) is 18.1. The molecule has 8 heteroatoms. The Morgan fingerprint density at radius 1 is 1.23 bits per heavy atom. The highest BCUT2D eigenvalue weighted by Gasteiger charge is 2.54. The van der Waals surface area contributed by atoms with Crippen molar-refractivity contribution in [1.29, 1.82) is 0 Å². The number of anilines is 1. The lowest BCUT2D eigenvalue weighted by atomic mass is 10.0. The van der Waals surface area contributed by atoms with E-state index in [0.29, 0.717) is 28.1 Å². The van der Waals surface area contributed by atoms with Gasteiger partial charge in [-0.05, 0) is 31.0 Å². The molecule has 26 heavy (non-hydrogen) atoms. The first kappa shape index (κ1) is 16.6. The molecule has 0 bridgehead atoms. The summed E-state index contributed by atoms with van der Waals surface area (Å²) in [5.74, 6) is 1.72. The molecule has 3 aromatic rings.